The van der Waals surface area contributed by atoms with Gasteiger partial charge in [-0.25, -0.2) is 0 Å². The van der Waals surface area contributed by atoms with E-state index < -0.39 is 0 Å². The number of hydrogen-bond donors (Lipinski definition) is 2. The average Bonchev–Trinajstić information content (AvgIpc) is 2.39. The Labute approximate surface area is 115 Å². The van der Waals surface area contributed by atoms with Gasteiger partial charge in [0.05, 0.1) is 12.3 Å². The molecule has 19 heavy (non-hydrogen) atoms. The number of aryl methyl sites for hydroxylation is 1. The van der Waals surface area contributed by atoms with Gasteiger partial charge in [-0.15, -0.1) is 0 Å². The van der Waals surface area contributed by atoms with Crippen LogP contribution in [0.15, 0.2) is 29.3 Å². The molecule has 100 valence electrons. The van der Waals surface area contributed by atoms with Crippen molar-refractivity contribution in [1.29, 1.82) is 0 Å². The summed E-state index contributed by atoms with van der Waals surface area (Å²) in [6.45, 7) is 2.49. The van der Waals surface area contributed by atoms with Crippen molar-refractivity contribution in [3.63, 3.8) is 0 Å². The van der Waals surface area contributed by atoms with Gasteiger partial charge in [0, 0.05) is 12.1 Å². The summed E-state index contributed by atoms with van der Waals surface area (Å²) in [5.74, 6) is 0.0697. The van der Waals surface area contributed by atoms with Crippen molar-refractivity contribution >= 4 is 34.4 Å². The van der Waals surface area contributed by atoms with Crippen LogP contribution in [-0.2, 0) is 9.59 Å². The summed E-state index contributed by atoms with van der Waals surface area (Å²) in [5, 5.41) is 5.95. The maximum Gasteiger partial charge on any atom is 0.234 e. The van der Waals surface area contributed by atoms with Crippen LogP contribution in [0.3, 0.4) is 0 Å². The molecule has 0 atom stereocenters. The van der Waals surface area contributed by atoms with E-state index in [1.165, 1.54) is 11.8 Å². The van der Waals surface area contributed by atoms with E-state index in [-0.39, 0.29) is 17.6 Å². The Kier molecular flexibility index (Phi) is 4.57. The lowest BCUT2D eigenvalue weighted by molar-refractivity contribution is -0.119. The van der Waals surface area contributed by atoms with Crippen LogP contribution in [0.2, 0.25) is 0 Å². The molecule has 2 rings (SSSR count). The highest BCUT2D eigenvalue weighted by molar-refractivity contribution is 8.14. The molecule has 0 saturated carbocycles. The molecule has 0 fully saturated rings. The molecule has 1 aromatic carbocycles. The number of amides is 2. The normalized spacial score (nSPS) is 14.6. The minimum atomic E-state index is -0.114. The smallest absolute Gasteiger partial charge is 0.234 e. The van der Waals surface area contributed by atoms with E-state index in [4.69, 9.17) is 0 Å². The van der Waals surface area contributed by atoms with E-state index >= 15 is 0 Å². The molecule has 1 aliphatic rings. The first kappa shape index (κ1) is 13.6. The fraction of sp³-hybridized carbons (Fsp3) is 0.308. The number of aliphatic imine (C=N–C) groups is 1. The fourth-order valence-electron chi connectivity index (χ4n) is 1.53. The van der Waals surface area contributed by atoms with Crippen molar-refractivity contribution in [3.8, 4) is 0 Å². The zero-order valence-electron chi connectivity index (χ0n) is 10.6. The molecule has 2 N–H and O–H groups in total. The van der Waals surface area contributed by atoms with Crippen molar-refractivity contribution in [2.24, 2.45) is 4.99 Å². The van der Waals surface area contributed by atoms with Gasteiger partial charge in [-0.2, -0.15) is 0 Å². The molecule has 2 amide bonds. The Morgan fingerprint density at radius 3 is 2.84 bits per heavy atom. The van der Waals surface area contributed by atoms with Crippen molar-refractivity contribution in [2.45, 2.75) is 13.3 Å². The Bertz CT molecular complexity index is 511. The number of anilines is 1. The molecule has 1 aromatic rings. The number of benzene rings is 1. The fourth-order valence-corrected chi connectivity index (χ4v) is 2.24. The minimum absolute atomic E-state index is 0.0450. The van der Waals surface area contributed by atoms with Gasteiger partial charge in [-0.1, -0.05) is 29.5 Å². The molecule has 0 aromatic heterocycles. The highest BCUT2D eigenvalue weighted by Gasteiger charge is 2.13. The second-order valence-electron chi connectivity index (χ2n) is 4.19. The van der Waals surface area contributed by atoms with Gasteiger partial charge in [0.1, 0.15) is 0 Å². The number of thioether (sulfide) groups is 1. The van der Waals surface area contributed by atoms with Gasteiger partial charge in [-0.05, 0) is 19.1 Å². The van der Waals surface area contributed by atoms with Crippen molar-refractivity contribution in [3.05, 3.63) is 29.8 Å². The van der Waals surface area contributed by atoms with Gasteiger partial charge >= 0.3 is 0 Å². The molecule has 1 heterocycles. The van der Waals surface area contributed by atoms with Crippen LogP contribution in [-0.4, -0.2) is 29.3 Å². The number of rotatable bonds is 3. The van der Waals surface area contributed by atoms with Crippen LogP contribution < -0.4 is 10.6 Å². The Hall–Kier alpha value is -1.82. The van der Waals surface area contributed by atoms with Gasteiger partial charge in [0.15, 0.2) is 5.17 Å². The lowest BCUT2D eigenvalue weighted by Crippen LogP contribution is -2.33. The lowest BCUT2D eigenvalue weighted by Gasteiger charge is -2.12. The van der Waals surface area contributed by atoms with Gasteiger partial charge in [0.25, 0.3) is 0 Å². The highest BCUT2D eigenvalue weighted by Crippen LogP contribution is 2.11. The lowest BCUT2D eigenvalue weighted by atomic mass is 10.2. The average molecular weight is 277 g/mol. The number of amidine groups is 1. The topological polar surface area (TPSA) is 70.6 Å². The molecule has 6 heteroatoms. The second-order valence-corrected chi connectivity index (χ2v) is 5.15. The van der Waals surface area contributed by atoms with E-state index in [2.05, 4.69) is 15.6 Å². The Morgan fingerprint density at radius 2 is 2.16 bits per heavy atom. The first-order chi connectivity index (χ1) is 9.13. The van der Waals surface area contributed by atoms with Gasteiger partial charge in [0.2, 0.25) is 11.8 Å². The third-order valence-corrected chi connectivity index (χ3v) is 3.43. The number of carbonyl (C=O) groups excluding carboxylic acids is 2. The van der Waals surface area contributed by atoms with E-state index in [9.17, 15) is 9.59 Å². The summed E-state index contributed by atoms with van der Waals surface area (Å²) in [4.78, 5) is 27.0. The van der Waals surface area contributed by atoms with E-state index in [0.717, 1.165) is 11.3 Å². The van der Waals surface area contributed by atoms with E-state index in [0.29, 0.717) is 18.1 Å². The van der Waals surface area contributed by atoms with Gasteiger partial charge < -0.3 is 10.6 Å². The summed E-state index contributed by atoms with van der Waals surface area (Å²) >= 11 is 1.24. The van der Waals surface area contributed by atoms with Crippen LogP contribution in [0.1, 0.15) is 12.0 Å². The molecule has 1 aliphatic heterocycles. The van der Waals surface area contributed by atoms with Crippen LogP contribution in [0.4, 0.5) is 5.69 Å². The zero-order chi connectivity index (χ0) is 13.7. The van der Waals surface area contributed by atoms with Crippen LogP contribution in [0, 0.1) is 6.92 Å². The number of carbonyl (C=O) groups is 2. The van der Waals surface area contributed by atoms with Gasteiger partial charge in [-0.3, -0.25) is 14.6 Å². The number of nitrogens with one attached hydrogen (secondary N) is 2. The molecule has 0 saturated heterocycles. The molecular weight excluding hydrogens is 262 g/mol. The SMILES string of the molecule is Cc1ccc(NC(=O)CSC2=NCCC(=O)N2)cc1. The van der Waals surface area contributed by atoms with Crippen LogP contribution >= 0.6 is 11.8 Å². The molecular formula is C13H15N3O2S. The van der Waals surface area contributed by atoms with Crippen molar-refractivity contribution in [1.82, 2.24) is 5.32 Å². The maximum atomic E-state index is 11.7. The molecule has 0 spiro atoms. The van der Waals surface area contributed by atoms with Crippen LogP contribution in [0.25, 0.3) is 0 Å². The second kappa shape index (κ2) is 6.38. The standard InChI is InChI=1S/C13H15N3O2S/c1-9-2-4-10(5-3-9)15-12(18)8-19-13-14-7-6-11(17)16-13/h2-5H,6-8H2,1H3,(H,15,18)(H,14,16,17). The Balaban J connectivity index is 1.80. The quantitative estimate of drug-likeness (QED) is 0.880. The minimum Gasteiger partial charge on any atom is -0.325 e. The molecule has 0 radical (unpaired) electrons. The summed E-state index contributed by atoms with van der Waals surface area (Å²) < 4.78 is 0. The third kappa shape index (κ3) is 4.40. The molecule has 0 unspecified atom stereocenters. The monoisotopic (exact) mass is 277 g/mol. The number of hydrogen-bond acceptors (Lipinski definition) is 4. The maximum absolute atomic E-state index is 11.7. The summed E-state index contributed by atoms with van der Waals surface area (Å²) in [6, 6.07) is 7.60. The van der Waals surface area contributed by atoms with Crippen molar-refractivity contribution < 1.29 is 9.59 Å². The predicted octanol–water partition coefficient (Wildman–Crippen LogP) is 1.54. The zero-order valence-corrected chi connectivity index (χ0v) is 11.4. The Morgan fingerprint density at radius 1 is 1.42 bits per heavy atom. The van der Waals surface area contributed by atoms with E-state index in [1.807, 2.05) is 31.2 Å². The first-order valence-corrected chi connectivity index (χ1v) is 6.95. The third-order valence-electron chi connectivity index (χ3n) is 2.52. The summed E-state index contributed by atoms with van der Waals surface area (Å²) in [7, 11) is 0. The number of nitrogens with zero attached hydrogens (tertiary/aromatic N) is 1. The molecule has 0 aliphatic carbocycles. The van der Waals surface area contributed by atoms with Crippen LogP contribution in [0.5, 0.6) is 0 Å². The largest absolute Gasteiger partial charge is 0.325 e. The first-order valence-electron chi connectivity index (χ1n) is 5.97. The molecule has 0 bridgehead atoms. The highest BCUT2D eigenvalue weighted by atomic mass is 32.2. The van der Waals surface area contributed by atoms with E-state index in [1.54, 1.807) is 0 Å². The van der Waals surface area contributed by atoms with Crippen molar-refractivity contribution in [2.75, 3.05) is 17.6 Å². The predicted molar refractivity (Wildman–Crippen MR) is 77.3 cm³/mol. The summed E-state index contributed by atoms with van der Waals surface area (Å²) in [5.41, 5.74) is 1.91. The summed E-state index contributed by atoms with van der Waals surface area (Å²) in [6.07, 6.45) is 0.416. The molecule has 5 nitrogen and oxygen atoms in total.